The number of esters is 2. The van der Waals surface area contributed by atoms with Crippen LogP contribution in [0.25, 0.3) is 0 Å². The first-order valence-electron chi connectivity index (χ1n) is 12.7. The lowest BCUT2D eigenvalue weighted by Crippen LogP contribution is -2.38. The normalized spacial score (nSPS) is 16.0. The van der Waals surface area contributed by atoms with Crippen molar-refractivity contribution in [2.75, 3.05) is 20.3 Å². The van der Waals surface area contributed by atoms with Crippen molar-refractivity contribution in [1.29, 1.82) is 0 Å². The van der Waals surface area contributed by atoms with Gasteiger partial charge < -0.3 is 30.0 Å². The largest absolute Gasteiger partial charge is 0.491 e. The second kappa shape index (κ2) is 15.0. The van der Waals surface area contributed by atoms with Gasteiger partial charge in [0.1, 0.15) is 36.6 Å². The molecule has 3 N–H and O–H groups in total. The minimum Gasteiger partial charge on any atom is -0.491 e. The van der Waals surface area contributed by atoms with Crippen LogP contribution >= 0.6 is 12.4 Å². The quantitative estimate of drug-likeness (QED) is 0.247. The fraction of sp³-hybridized carbons (Fsp3) is 0.379. The Morgan fingerprint density at radius 3 is 2.31 bits per heavy atom. The summed E-state index contributed by atoms with van der Waals surface area (Å²) in [5.74, 6) is -4.26. The number of dihydropyridines is 1. The van der Waals surface area contributed by atoms with Gasteiger partial charge in [-0.3, -0.25) is 0 Å². The number of nitrogens with one attached hydrogen (secondary N) is 2. The number of carbonyl (C=O) groups is 2. The van der Waals surface area contributed by atoms with Gasteiger partial charge in [-0.05, 0) is 42.3 Å². The summed E-state index contributed by atoms with van der Waals surface area (Å²) >= 11 is 0. The van der Waals surface area contributed by atoms with Crippen LogP contribution in [0.4, 0.5) is 17.6 Å². The molecule has 2 aromatic carbocycles. The third kappa shape index (κ3) is 8.94. The Labute approximate surface area is 247 Å². The average molecular weight is 617 g/mol. The first kappa shape index (κ1) is 34.6. The first-order valence-corrected chi connectivity index (χ1v) is 12.7. The van der Waals surface area contributed by atoms with E-state index in [4.69, 9.17) is 9.47 Å². The van der Waals surface area contributed by atoms with Gasteiger partial charge in [-0.1, -0.05) is 38.1 Å². The van der Waals surface area contributed by atoms with E-state index in [9.17, 15) is 32.3 Å². The Kier molecular flexibility index (Phi) is 12.4. The van der Waals surface area contributed by atoms with E-state index in [2.05, 4.69) is 15.4 Å². The van der Waals surface area contributed by atoms with E-state index in [0.717, 1.165) is 19.2 Å². The lowest BCUT2D eigenvalue weighted by molar-refractivity contribution is -0.141. The fourth-order valence-electron chi connectivity index (χ4n) is 4.20. The van der Waals surface area contributed by atoms with Crippen LogP contribution in [-0.4, -0.2) is 55.6 Å². The van der Waals surface area contributed by atoms with Gasteiger partial charge in [0.25, 0.3) is 0 Å². The van der Waals surface area contributed by atoms with Crippen LogP contribution in [0.3, 0.4) is 0 Å². The van der Waals surface area contributed by atoms with Gasteiger partial charge in [0, 0.05) is 18.3 Å². The summed E-state index contributed by atoms with van der Waals surface area (Å²) in [6.45, 7) is 5.32. The van der Waals surface area contributed by atoms with Crippen molar-refractivity contribution < 1.29 is 46.5 Å². The first-order chi connectivity index (χ1) is 19.3. The maximum atomic E-state index is 14.1. The standard InChI is InChI=1S/C29H32F4N2O6.ClH/c1-16(2)34-13-21(36)15-40-22-10-8-18(9-11-22)14-41-28(38)23-17(3)35-26(29(31,32)33)25(27(37)39-4)24(23)19-6-5-7-20(30)12-19;/h5-12,16,21,24,34-36H,13-15H2,1-4H3;1H. The number of benzene rings is 2. The van der Waals surface area contributed by atoms with Crippen LogP contribution in [0.5, 0.6) is 5.75 Å². The van der Waals surface area contributed by atoms with Crippen molar-refractivity contribution >= 4 is 24.3 Å². The second-order valence-corrected chi connectivity index (χ2v) is 9.68. The number of halogens is 5. The molecule has 0 amide bonds. The molecule has 42 heavy (non-hydrogen) atoms. The molecule has 3 rings (SSSR count). The minimum absolute atomic E-state index is 0. The third-order valence-electron chi connectivity index (χ3n) is 6.15. The molecule has 1 aliphatic rings. The van der Waals surface area contributed by atoms with E-state index < -0.39 is 47.2 Å². The van der Waals surface area contributed by atoms with E-state index >= 15 is 0 Å². The van der Waals surface area contributed by atoms with Crippen LogP contribution in [-0.2, 0) is 25.7 Å². The van der Waals surface area contributed by atoms with Crippen molar-refractivity contribution in [3.05, 3.63) is 88.0 Å². The lowest BCUT2D eigenvalue weighted by Gasteiger charge is -2.32. The Morgan fingerprint density at radius 1 is 1.07 bits per heavy atom. The highest BCUT2D eigenvalue weighted by molar-refractivity contribution is 6.00. The molecule has 0 aromatic heterocycles. The summed E-state index contributed by atoms with van der Waals surface area (Å²) in [6, 6.07) is 11.3. The van der Waals surface area contributed by atoms with Gasteiger partial charge in [-0.2, -0.15) is 13.2 Å². The number of aliphatic hydroxyl groups is 1. The molecule has 2 unspecified atom stereocenters. The number of hydrogen-bond donors (Lipinski definition) is 3. The van der Waals surface area contributed by atoms with Crippen molar-refractivity contribution in [2.45, 2.75) is 51.6 Å². The molecule has 0 saturated heterocycles. The molecular weight excluding hydrogens is 584 g/mol. The van der Waals surface area contributed by atoms with Crippen LogP contribution in [0, 0.1) is 5.82 Å². The third-order valence-corrected chi connectivity index (χ3v) is 6.15. The number of carbonyl (C=O) groups excluding carboxylic acids is 2. The van der Waals surface area contributed by atoms with Gasteiger partial charge in [0.15, 0.2) is 0 Å². The smallest absolute Gasteiger partial charge is 0.431 e. The summed E-state index contributed by atoms with van der Waals surface area (Å²) in [5, 5.41) is 15.2. The number of ether oxygens (including phenoxy) is 3. The molecule has 13 heteroatoms. The van der Waals surface area contributed by atoms with Gasteiger partial charge in [0.05, 0.1) is 24.2 Å². The molecule has 0 radical (unpaired) electrons. The molecule has 1 heterocycles. The number of rotatable bonds is 11. The number of alkyl halides is 3. The van der Waals surface area contributed by atoms with Crippen molar-refractivity contribution in [3.63, 3.8) is 0 Å². The molecule has 0 saturated carbocycles. The van der Waals surface area contributed by atoms with E-state index in [1.807, 2.05) is 13.8 Å². The minimum atomic E-state index is -5.00. The number of methoxy groups -OCH3 is 1. The highest BCUT2D eigenvalue weighted by atomic mass is 35.5. The maximum Gasteiger partial charge on any atom is 0.431 e. The van der Waals surface area contributed by atoms with Crippen molar-refractivity contribution in [2.24, 2.45) is 0 Å². The molecule has 0 aliphatic carbocycles. The van der Waals surface area contributed by atoms with Gasteiger partial charge >= 0.3 is 18.1 Å². The summed E-state index contributed by atoms with van der Waals surface area (Å²) in [5.41, 5.74) is -2.33. The lowest BCUT2D eigenvalue weighted by atomic mass is 9.80. The van der Waals surface area contributed by atoms with E-state index in [0.29, 0.717) is 17.9 Å². The zero-order valence-corrected chi connectivity index (χ0v) is 24.2. The Balaban J connectivity index is 0.00000616. The Morgan fingerprint density at radius 2 is 1.74 bits per heavy atom. The molecule has 8 nitrogen and oxygen atoms in total. The van der Waals surface area contributed by atoms with Gasteiger partial charge in [-0.25, -0.2) is 14.0 Å². The maximum absolute atomic E-state index is 14.1. The monoisotopic (exact) mass is 616 g/mol. The van der Waals surface area contributed by atoms with Crippen molar-refractivity contribution in [3.8, 4) is 5.75 Å². The predicted octanol–water partition coefficient (Wildman–Crippen LogP) is 4.68. The van der Waals surface area contributed by atoms with E-state index in [1.165, 1.54) is 19.1 Å². The molecule has 0 bridgehead atoms. The van der Waals surface area contributed by atoms with Gasteiger partial charge in [0.2, 0.25) is 0 Å². The summed E-state index contributed by atoms with van der Waals surface area (Å²) in [7, 11) is 0.909. The summed E-state index contributed by atoms with van der Waals surface area (Å²) in [4.78, 5) is 25.9. The van der Waals surface area contributed by atoms with Crippen LogP contribution < -0.4 is 15.4 Å². The Bertz CT molecular complexity index is 1310. The topological polar surface area (TPSA) is 106 Å². The molecular formula is C29H33ClF4N2O6. The highest BCUT2D eigenvalue weighted by Crippen LogP contribution is 2.43. The number of allylic oxidation sites excluding steroid dienone is 2. The number of aliphatic hydroxyl groups excluding tert-OH is 1. The summed E-state index contributed by atoms with van der Waals surface area (Å²) < 4.78 is 71.6. The molecule has 0 fully saturated rings. The highest BCUT2D eigenvalue weighted by Gasteiger charge is 2.47. The molecule has 1 aliphatic heterocycles. The number of hydrogen-bond acceptors (Lipinski definition) is 8. The van der Waals surface area contributed by atoms with Crippen LogP contribution in [0.1, 0.15) is 37.8 Å². The van der Waals surface area contributed by atoms with E-state index in [1.54, 1.807) is 24.3 Å². The summed E-state index contributed by atoms with van der Waals surface area (Å²) in [6.07, 6.45) is -5.72. The van der Waals surface area contributed by atoms with Gasteiger partial charge in [-0.15, -0.1) is 12.4 Å². The zero-order chi connectivity index (χ0) is 30.3. The van der Waals surface area contributed by atoms with Crippen LogP contribution in [0.2, 0.25) is 0 Å². The molecule has 2 aromatic rings. The molecule has 2 atom stereocenters. The van der Waals surface area contributed by atoms with Crippen LogP contribution in [0.15, 0.2) is 71.1 Å². The average Bonchev–Trinajstić information content (AvgIpc) is 2.92. The SMILES string of the molecule is COC(=O)C1=C(C(F)(F)F)NC(C)=C(C(=O)OCc2ccc(OCC(O)CNC(C)C)cc2)C1c1cccc(F)c1.Cl. The fourth-order valence-corrected chi connectivity index (χ4v) is 4.20. The Hall–Kier alpha value is -3.61. The second-order valence-electron chi connectivity index (χ2n) is 9.68. The molecule has 230 valence electrons. The van der Waals surface area contributed by atoms with E-state index in [-0.39, 0.29) is 48.5 Å². The zero-order valence-electron chi connectivity index (χ0n) is 23.4. The van der Waals surface area contributed by atoms with Crippen molar-refractivity contribution in [1.82, 2.24) is 10.6 Å². The predicted molar refractivity (Wildman–Crippen MR) is 148 cm³/mol. The molecule has 0 spiro atoms.